The Morgan fingerprint density at radius 3 is 2.29 bits per heavy atom. The van der Waals surface area contributed by atoms with E-state index in [1.165, 1.54) is 5.56 Å². The molecule has 1 atom stereocenters. The summed E-state index contributed by atoms with van der Waals surface area (Å²) in [6.45, 7) is 7.08. The molecule has 182 valence electrons. The van der Waals surface area contributed by atoms with E-state index in [1.54, 1.807) is 4.90 Å². The van der Waals surface area contributed by atoms with Crippen molar-refractivity contribution < 1.29 is 9.59 Å². The fourth-order valence-corrected chi connectivity index (χ4v) is 5.50. The second-order valence-electron chi connectivity index (χ2n) is 10.6. The van der Waals surface area contributed by atoms with E-state index in [0.29, 0.717) is 24.7 Å². The molecular weight excluding hydrogens is 434 g/mol. The van der Waals surface area contributed by atoms with E-state index in [9.17, 15) is 9.59 Å². The molecule has 35 heavy (non-hydrogen) atoms. The van der Waals surface area contributed by atoms with E-state index < -0.39 is 5.54 Å². The largest absolute Gasteiger partial charge is 0.351 e. The highest BCUT2D eigenvalue weighted by Crippen LogP contribution is 2.35. The lowest BCUT2D eigenvalue weighted by Crippen LogP contribution is -2.64. The number of nitrogens with one attached hydrogen (secondary N) is 1. The first-order valence-electron chi connectivity index (χ1n) is 12.8. The fourth-order valence-electron chi connectivity index (χ4n) is 5.50. The maximum atomic E-state index is 13.9. The van der Waals surface area contributed by atoms with E-state index in [4.69, 9.17) is 0 Å². The van der Waals surface area contributed by atoms with Crippen LogP contribution in [0.5, 0.6) is 0 Å². The molecule has 0 unspecified atom stereocenters. The number of nitrogens with zero attached hydrogens (tertiary/aromatic N) is 2. The lowest BCUT2D eigenvalue weighted by molar-refractivity contribution is -0.134. The van der Waals surface area contributed by atoms with Gasteiger partial charge in [-0.1, -0.05) is 67.1 Å². The third kappa shape index (κ3) is 4.52. The molecular formula is C30H35N3O2. The molecule has 5 rings (SSSR count). The number of carbonyl (C=O) groups is 2. The number of hydrogen-bond acceptors (Lipinski definition) is 2. The van der Waals surface area contributed by atoms with Crippen molar-refractivity contribution in [3.8, 4) is 11.3 Å². The summed E-state index contributed by atoms with van der Waals surface area (Å²) in [5.74, 6) is 0.550. The van der Waals surface area contributed by atoms with Crippen molar-refractivity contribution in [2.75, 3.05) is 0 Å². The smallest absolute Gasteiger partial charge is 0.271 e. The minimum atomic E-state index is -0.999. The van der Waals surface area contributed by atoms with Crippen molar-refractivity contribution >= 4 is 11.8 Å². The molecule has 3 aromatic rings. The van der Waals surface area contributed by atoms with Gasteiger partial charge >= 0.3 is 0 Å². The SMILES string of the molecule is Cc1ccc(CN2C(=O)c3ccc(-c4ccccc4)n3C[C@]2(C)C(=O)NC2CCC(C)CC2)cc1. The quantitative estimate of drug-likeness (QED) is 0.531. The van der Waals surface area contributed by atoms with Gasteiger partial charge < -0.3 is 14.8 Å². The average Bonchev–Trinajstić information content (AvgIpc) is 3.28. The Bertz CT molecular complexity index is 1210. The molecule has 2 amide bonds. The lowest BCUT2D eigenvalue weighted by Gasteiger charge is -2.45. The topological polar surface area (TPSA) is 54.3 Å². The van der Waals surface area contributed by atoms with Gasteiger partial charge in [0.1, 0.15) is 11.2 Å². The lowest BCUT2D eigenvalue weighted by atomic mass is 9.86. The van der Waals surface area contributed by atoms with Crippen LogP contribution < -0.4 is 5.32 Å². The number of hydrogen-bond donors (Lipinski definition) is 1. The van der Waals surface area contributed by atoms with Crippen LogP contribution >= 0.6 is 0 Å². The van der Waals surface area contributed by atoms with Gasteiger partial charge in [-0.15, -0.1) is 0 Å². The predicted molar refractivity (Wildman–Crippen MR) is 139 cm³/mol. The zero-order chi connectivity index (χ0) is 24.6. The Kier molecular flexibility index (Phi) is 6.26. The molecule has 1 N–H and O–H groups in total. The standard InChI is InChI=1S/C30H35N3O2/c1-21-9-13-23(14-10-21)19-33-28(34)27-18-17-26(24-7-5-4-6-8-24)32(27)20-30(33,3)29(35)31-25-15-11-22(2)12-16-25/h4-10,13-14,17-18,22,25H,11-12,15-16,19-20H2,1-3H3,(H,31,35)/t22?,25?,30-/m1/s1. The zero-order valence-electron chi connectivity index (χ0n) is 21.0. The molecule has 1 aromatic heterocycles. The molecule has 2 heterocycles. The first-order chi connectivity index (χ1) is 16.8. The van der Waals surface area contributed by atoms with Crippen LogP contribution in [0.15, 0.2) is 66.7 Å². The number of rotatable bonds is 5. The van der Waals surface area contributed by atoms with E-state index in [-0.39, 0.29) is 17.9 Å². The molecule has 2 aromatic carbocycles. The molecule has 5 heteroatoms. The molecule has 0 bridgehead atoms. The molecule has 1 aliphatic carbocycles. The highest BCUT2D eigenvalue weighted by Gasteiger charge is 2.48. The van der Waals surface area contributed by atoms with Gasteiger partial charge in [0, 0.05) is 18.3 Å². The monoisotopic (exact) mass is 469 g/mol. The van der Waals surface area contributed by atoms with Gasteiger partial charge in [0.25, 0.3) is 5.91 Å². The third-order valence-electron chi connectivity index (χ3n) is 7.88. The number of aryl methyl sites for hydroxylation is 1. The van der Waals surface area contributed by atoms with Gasteiger partial charge in [-0.05, 0) is 68.7 Å². The van der Waals surface area contributed by atoms with Crippen molar-refractivity contribution in [2.45, 2.75) is 71.1 Å². The molecule has 1 saturated carbocycles. The molecule has 0 radical (unpaired) electrons. The van der Waals surface area contributed by atoms with E-state index >= 15 is 0 Å². The number of carbonyl (C=O) groups excluding carboxylic acids is 2. The highest BCUT2D eigenvalue weighted by atomic mass is 16.2. The van der Waals surface area contributed by atoms with E-state index in [1.807, 2.05) is 66.1 Å². The van der Waals surface area contributed by atoms with Crippen LogP contribution in [0, 0.1) is 12.8 Å². The van der Waals surface area contributed by atoms with Crippen LogP contribution in [0.25, 0.3) is 11.3 Å². The van der Waals surface area contributed by atoms with Crippen LogP contribution in [-0.2, 0) is 17.9 Å². The van der Waals surface area contributed by atoms with Gasteiger partial charge in [-0.3, -0.25) is 9.59 Å². The summed E-state index contributed by atoms with van der Waals surface area (Å²) in [7, 11) is 0. The van der Waals surface area contributed by atoms with Gasteiger partial charge in [-0.25, -0.2) is 0 Å². The highest BCUT2D eigenvalue weighted by molar-refractivity contribution is 6.00. The third-order valence-corrected chi connectivity index (χ3v) is 7.88. The van der Waals surface area contributed by atoms with Gasteiger partial charge in [-0.2, -0.15) is 0 Å². The Morgan fingerprint density at radius 2 is 1.60 bits per heavy atom. The van der Waals surface area contributed by atoms with Crippen molar-refractivity contribution in [1.82, 2.24) is 14.8 Å². The first-order valence-corrected chi connectivity index (χ1v) is 12.8. The minimum Gasteiger partial charge on any atom is -0.351 e. The van der Waals surface area contributed by atoms with E-state index in [0.717, 1.165) is 42.5 Å². The number of aromatic nitrogens is 1. The summed E-state index contributed by atoms with van der Waals surface area (Å²) in [6.07, 6.45) is 4.26. The van der Waals surface area contributed by atoms with Crippen molar-refractivity contribution in [1.29, 1.82) is 0 Å². The summed E-state index contributed by atoms with van der Waals surface area (Å²) >= 11 is 0. The molecule has 0 spiro atoms. The summed E-state index contributed by atoms with van der Waals surface area (Å²) < 4.78 is 2.03. The predicted octanol–water partition coefficient (Wildman–Crippen LogP) is 5.57. The molecule has 2 aliphatic rings. The van der Waals surface area contributed by atoms with Crippen LogP contribution in [0.4, 0.5) is 0 Å². The first kappa shape index (κ1) is 23.4. The van der Waals surface area contributed by atoms with Crippen LogP contribution in [-0.4, -0.2) is 32.9 Å². The Balaban J connectivity index is 1.51. The second-order valence-corrected chi connectivity index (χ2v) is 10.6. The van der Waals surface area contributed by atoms with Crippen molar-refractivity contribution in [3.05, 3.63) is 83.6 Å². The normalized spacial score (nSPS) is 24.2. The Hall–Kier alpha value is -3.34. The van der Waals surface area contributed by atoms with Crippen molar-refractivity contribution in [2.24, 2.45) is 5.92 Å². The van der Waals surface area contributed by atoms with Gasteiger partial charge in [0.05, 0.1) is 6.54 Å². The van der Waals surface area contributed by atoms with E-state index in [2.05, 4.69) is 31.3 Å². The summed E-state index contributed by atoms with van der Waals surface area (Å²) in [4.78, 5) is 29.6. The van der Waals surface area contributed by atoms with Crippen LogP contribution in [0.3, 0.4) is 0 Å². The number of benzene rings is 2. The molecule has 1 aliphatic heterocycles. The minimum absolute atomic E-state index is 0.0594. The molecule has 0 saturated heterocycles. The number of amides is 2. The maximum Gasteiger partial charge on any atom is 0.271 e. The second kappa shape index (κ2) is 9.37. The van der Waals surface area contributed by atoms with Crippen LogP contribution in [0.1, 0.15) is 61.1 Å². The van der Waals surface area contributed by atoms with Crippen molar-refractivity contribution in [3.63, 3.8) is 0 Å². The summed E-state index contributed by atoms with van der Waals surface area (Å²) in [5.41, 5.74) is 3.84. The molecule has 1 fully saturated rings. The Labute approximate surface area is 208 Å². The number of fused-ring (bicyclic) bond motifs is 1. The van der Waals surface area contributed by atoms with Gasteiger partial charge in [0.2, 0.25) is 5.91 Å². The maximum absolute atomic E-state index is 13.9. The molecule has 5 nitrogen and oxygen atoms in total. The van der Waals surface area contributed by atoms with Gasteiger partial charge in [0.15, 0.2) is 0 Å². The summed E-state index contributed by atoms with van der Waals surface area (Å²) in [5, 5.41) is 3.33. The Morgan fingerprint density at radius 1 is 0.943 bits per heavy atom. The van der Waals surface area contributed by atoms with Crippen LogP contribution in [0.2, 0.25) is 0 Å². The fraction of sp³-hybridized carbons (Fsp3) is 0.400. The summed E-state index contributed by atoms with van der Waals surface area (Å²) in [6, 6.07) is 22.4. The zero-order valence-corrected chi connectivity index (χ0v) is 21.0. The average molecular weight is 470 g/mol.